The van der Waals surface area contributed by atoms with Crippen LogP contribution in [0.25, 0.3) is 0 Å². The molecule has 3 nitrogen and oxygen atoms in total. The van der Waals surface area contributed by atoms with E-state index in [1.807, 2.05) is 0 Å². The summed E-state index contributed by atoms with van der Waals surface area (Å²) >= 11 is 3.58. The Morgan fingerprint density at radius 2 is 2.05 bits per heavy atom. The summed E-state index contributed by atoms with van der Waals surface area (Å²) in [6.45, 7) is 2.16. The number of primary amides is 1. The van der Waals surface area contributed by atoms with Gasteiger partial charge in [0.2, 0.25) is 0 Å². The van der Waals surface area contributed by atoms with Crippen molar-refractivity contribution in [3.05, 3.63) is 27.2 Å². The largest absolute Gasteiger partial charge is 0.507 e. The van der Waals surface area contributed by atoms with E-state index in [9.17, 15) is 9.90 Å². The topological polar surface area (TPSA) is 63.3 Å². The quantitative estimate of drug-likeness (QED) is 0.809. The van der Waals surface area contributed by atoms with Crippen LogP contribution in [0.1, 0.15) is 79.3 Å². The zero-order chi connectivity index (χ0) is 15.4. The molecule has 0 spiro atoms. The van der Waals surface area contributed by atoms with Crippen LogP contribution in [0.3, 0.4) is 0 Å². The molecule has 0 saturated heterocycles. The van der Waals surface area contributed by atoms with Crippen LogP contribution in [0, 0.1) is 0 Å². The fraction of sp³-hybridized carbons (Fsp3) is 0.588. The third kappa shape index (κ3) is 3.60. The Balaban J connectivity index is 2.51. The molecule has 1 fully saturated rings. The molecule has 1 aromatic carbocycles. The zero-order valence-electron chi connectivity index (χ0n) is 12.6. The number of carbonyl (C=O) groups excluding carboxylic acids is 1. The van der Waals surface area contributed by atoms with Gasteiger partial charge in [-0.05, 0) is 43.2 Å². The summed E-state index contributed by atoms with van der Waals surface area (Å²) in [6, 6.07) is 1.68. The summed E-state index contributed by atoms with van der Waals surface area (Å²) in [5.74, 6) is -0.0998. The molecule has 116 valence electrons. The molecule has 1 aliphatic carbocycles. The Labute approximate surface area is 135 Å². The predicted octanol–water partition coefficient (Wildman–Crippen LogP) is 4.64. The van der Waals surface area contributed by atoms with E-state index < -0.39 is 5.91 Å². The van der Waals surface area contributed by atoms with Gasteiger partial charge in [-0.1, -0.05) is 48.5 Å². The third-order valence-electron chi connectivity index (χ3n) is 4.45. The number of hydrogen-bond donors (Lipinski definition) is 2. The van der Waals surface area contributed by atoms with Crippen molar-refractivity contribution < 1.29 is 9.90 Å². The van der Waals surface area contributed by atoms with Crippen LogP contribution >= 0.6 is 15.9 Å². The molecule has 2 rings (SSSR count). The Bertz CT molecular complexity index is 522. The highest BCUT2D eigenvalue weighted by Gasteiger charge is 2.26. The van der Waals surface area contributed by atoms with E-state index in [1.165, 1.54) is 19.3 Å². The smallest absolute Gasteiger partial charge is 0.252 e. The number of rotatable bonds is 5. The SMILES string of the molecule is CCCCc1c(Br)cc(C(N)=O)c(O)c1C1CCCCC1. The molecule has 1 saturated carbocycles. The molecule has 21 heavy (non-hydrogen) atoms. The van der Waals surface area contributed by atoms with Gasteiger partial charge in [0.25, 0.3) is 5.91 Å². The van der Waals surface area contributed by atoms with Gasteiger partial charge in [-0.2, -0.15) is 0 Å². The van der Waals surface area contributed by atoms with Gasteiger partial charge in [0.15, 0.2) is 0 Å². The molecular weight excluding hydrogens is 330 g/mol. The molecule has 1 aromatic rings. The fourth-order valence-electron chi connectivity index (χ4n) is 3.33. The highest BCUT2D eigenvalue weighted by molar-refractivity contribution is 9.10. The van der Waals surface area contributed by atoms with E-state index in [4.69, 9.17) is 5.73 Å². The maximum absolute atomic E-state index is 11.6. The number of aromatic hydroxyl groups is 1. The molecule has 4 heteroatoms. The van der Waals surface area contributed by atoms with E-state index in [2.05, 4.69) is 22.9 Å². The first-order valence-electron chi connectivity index (χ1n) is 7.90. The Morgan fingerprint density at radius 1 is 1.38 bits per heavy atom. The number of amides is 1. The van der Waals surface area contributed by atoms with E-state index in [1.54, 1.807) is 6.07 Å². The predicted molar refractivity (Wildman–Crippen MR) is 88.8 cm³/mol. The van der Waals surface area contributed by atoms with Crippen molar-refractivity contribution in [1.82, 2.24) is 0 Å². The van der Waals surface area contributed by atoms with Gasteiger partial charge in [0.05, 0.1) is 5.56 Å². The molecule has 0 bridgehead atoms. The van der Waals surface area contributed by atoms with E-state index in [0.717, 1.165) is 47.7 Å². The van der Waals surface area contributed by atoms with Crippen LogP contribution in [0.2, 0.25) is 0 Å². The first-order chi connectivity index (χ1) is 10.1. The van der Waals surface area contributed by atoms with E-state index in [-0.39, 0.29) is 11.3 Å². The molecule has 0 radical (unpaired) electrons. The number of unbranched alkanes of at least 4 members (excludes halogenated alkanes) is 1. The molecule has 0 aliphatic heterocycles. The van der Waals surface area contributed by atoms with Crippen molar-refractivity contribution in [3.63, 3.8) is 0 Å². The number of benzene rings is 1. The zero-order valence-corrected chi connectivity index (χ0v) is 14.2. The molecular formula is C17H24BrNO2. The standard InChI is InChI=1S/C17H24BrNO2/c1-2-3-9-12-14(18)10-13(17(19)21)16(20)15(12)11-7-5-4-6-8-11/h10-11,20H,2-9H2,1H3,(H2,19,21). The Kier molecular flexibility index (Phi) is 5.68. The van der Waals surface area contributed by atoms with Crippen LogP contribution < -0.4 is 5.73 Å². The summed E-state index contributed by atoms with van der Waals surface area (Å²) in [5, 5.41) is 10.6. The highest BCUT2D eigenvalue weighted by atomic mass is 79.9. The first kappa shape index (κ1) is 16.3. The highest BCUT2D eigenvalue weighted by Crippen LogP contribution is 2.43. The van der Waals surface area contributed by atoms with Crippen LogP contribution in [0.4, 0.5) is 0 Å². The van der Waals surface area contributed by atoms with Crippen LogP contribution in [-0.2, 0) is 6.42 Å². The van der Waals surface area contributed by atoms with Gasteiger partial charge >= 0.3 is 0 Å². The summed E-state index contributed by atoms with van der Waals surface area (Å²) in [7, 11) is 0. The summed E-state index contributed by atoms with van der Waals surface area (Å²) in [5.41, 5.74) is 7.77. The monoisotopic (exact) mass is 353 g/mol. The lowest BCUT2D eigenvalue weighted by molar-refractivity contribution is 0.0997. The minimum absolute atomic E-state index is 0.115. The number of halogens is 1. The normalized spacial score (nSPS) is 16.1. The summed E-state index contributed by atoms with van der Waals surface area (Å²) in [6.07, 6.45) is 8.92. The lowest BCUT2D eigenvalue weighted by Crippen LogP contribution is -2.15. The fourth-order valence-corrected chi connectivity index (χ4v) is 3.97. The lowest BCUT2D eigenvalue weighted by Gasteiger charge is -2.27. The number of carbonyl (C=O) groups is 1. The lowest BCUT2D eigenvalue weighted by atomic mass is 9.80. The Morgan fingerprint density at radius 3 is 2.62 bits per heavy atom. The van der Waals surface area contributed by atoms with Crippen LogP contribution in [-0.4, -0.2) is 11.0 Å². The van der Waals surface area contributed by atoms with E-state index >= 15 is 0 Å². The van der Waals surface area contributed by atoms with Crippen molar-refractivity contribution in [1.29, 1.82) is 0 Å². The molecule has 3 N–H and O–H groups in total. The van der Waals surface area contributed by atoms with Gasteiger partial charge in [0, 0.05) is 10.0 Å². The van der Waals surface area contributed by atoms with Gasteiger partial charge in [-0.25, -0.2) is 0 Å². The van der Waals surface area contributed by atoms with Crippen molar-refractivity contribution in [2.24, 2.45) is 5.73 Å². The molecule has 0 aromatic heterocycles. The molecule has 0 heterocycles. The minimum atomic E-state index is -0.563. The molecule has 1 aliphatic rings. The maximum Gasteiger partial charge on any atom is 0.252 e. The second-order valence-electron chi connectivity index (χ2n) is 5.95. The van der Waals surface area contributed by atoms with Crippen LogP contribution in [0.15, 0.2) is 10.5 Å². The Hall–Kier alpha value is -1.03. The number of phenols is 1. The second kappa shape index (κ2) is 7.30. The van der Waals surface area contributed by atoms with Crippen molar-refractivity contribution >= 4 is 21.8 Å². The summed E-state index contributed by atoms with van der Waals surface area (Å²) in [4.78, 5) is 11.6. The average molecular weight is 354 g/mol. The average Bonchev–Trinajstić information content (AvgIpc) is 2.48. The van der Waals surface area contributed by atoms with Gasteiger partial charge in [-0.3, -0.25) is 4.79 Å². The maximum atomic E-state index is 11.6. The van der Waals surface area contributed by atoms with Gasteiger partial charge in [0.1, 0.15) is 5.75 Å². The van der Waals surface area contributed by atoms with Crippen molar-refractivity contribution in [2.45, 2.75) is 64.2 Å². The molecule has 0 unspecified atom stereocenters. The molecule has 0 atom stereocenters. The number of nitrogens with two attached hydrogens (primary N) is 1. The summed E-state index contributed by atoms with van der Waals surface area (Å²) < 4.78 is 0.906. The van der Waals surface area contributed by atoms with E-state index in [0.29, 0.717) is 5.92 Å². The van der Waals surface area contributed by atoms with Gasteiger partial charge in [-0.15, -0.1) is 0 Å². The van der Waals surface area contributed by atoms with Crippen molar-refractivity contribution in [2.75, 3.05) is 0 Å². The molecule has 1 amide bonds. The first-order valence-corrected chi connectivity index (χ1v) is 8.69. The van der Waals surface area contributed by atoms with Gasteiger partial charge < -0.3 is 10.8 Å². The second-order valence-corrected chi connectivity index (χ2v) is 6.80. The third-order valence-corrected chi connectivity index (χ3v) is 5.16. The van der Waals surface area contributed by atoms with Crippen LogP contribution in [0.5, 0.6) is 5.75 Å². The van der Waals surface area contributed by atoms with Crippen molar-refractivity contribution in [3.8, 4) is 5.75 Å². The minimum Gasteiger partial charge on any atom is -0.507 e. The number of hydrogen-bond acceptors (Lipinski definition) is 2.